The molecule has 0 unspecified atom stereocenters. The number of benzene rings is 10. The second-order valence-corrected chi connectivity index (χ2v) is 16.3. The fourth-order valence-electron chi connectivity index (χ4n) is 9.94. The SMILES string of the molecule is c1ccc(-c2cc(-n3c4ccc(-c5cccc6ccccc56)cc4c4cc5c6ccccc6c6ccc(-c7cccc8ccoc78)cc6c5cc43)cc(-c3ccccc3)n2)cc1. The summed E-state index contributed by atoms with van der Waals surface area (Å²) < 4.78 is 8.53. The van der Waals surface area contributed by atoms with E-state index in [0.29, 0.717) is 0 Å². The van der Waals surface area contributed by atoms with Crippen molar-refractivity contribution in [3.63, 3.8) is 0 Å². The van der Waals surface area contributed by atoms with E-state index in [-0.39, 0.29) is 0 Å². The van der Waals surface area contributed by atoms with Gasteiger partial charge < -0.3 is 8.98 Å². The Labute approximate surface area is 357 Å². The first kappa shape index (κ1) is 34.6. The van der Waals surface area contributed by atoms with Gasteiger partial charge in [-0.2, -0.15) is 0 Å². The molecule has 62 heavy (non-hydrogen) atoms. The summed E-state index contributed by atoms with van der Waals surface area (Å²) in [4.78, 5) is 5.29. The lowest BCUT2D eigenvalue weighted by molar-refractivity contribution is 0.617. The van der Waals surface area contributed by atoms with Crippen LogP contribution in [0, 0.1) is 0 Å². The van der Waals surface area contributed by atoms with Gasteiger partial charge in [-0.15, -0.1) is 0 Å². The van der Waals surface area contributed by atoms with Crippen molar-refractivity contribution in [1.29, 1.82) is 0 Å². The molecule has 10 aromatic carbocycles. The zero-order valence-corrected chi connectivity index (χ0v) is 33.6. The van der Waals surface area contributed by atoms with Gasteiger partial charge in [0, 0.05) is 32.8 Å². The van der Waals surface area contributed by atoms with E-state index >= 15 is 0 Å². The molecule has 0 spiro atoms. The number of hydrogen-bond acceptors (Lipinski definition) is 2. The summed E-state index contributed by atoms with van der Waals surface area (Å²) in [5.41, 5.74) is 12.9. The van der Waals surface area contributed by atoms with Crippen molar-refractivity contribution in [3.8, 4) is 50.5 Å². The van der Waals surface area contributed by atoms with E-state index in [2.05, 4.69) is 211 Å². The summed E-state index contributed by atoms with van der Waals surface area (Å²) in [6.45, 7) is 0. The lowest BCUT2D eigenvalue weighted by atomic mass is 9.91. The first-order valence-corrected chi connectivity index (χ1v) is 21.2. The zero-order valence-electron chi connectivity index (χ0n) is 33.6. The summed E-state index contributed by atoms with van der Waals surface area (Å²) >= 11 is 0. The minimum atomic E-state index is 0.905. The smallest absolute Gasteiger partial charge is 0.141 e. The van der Waals surface area contributed by atoms with Crippen LogP contribution in [0.25, 0.3) is 126 Å². The van der Waals surface area contributed by atoms with Gasteiger partial charge in [0.05, 0.1) is 34.4 Å². The molecule has 0 aliphatic carbocycles. The summed E-state index contributed by atoms with van der Waals surface area (Å²) in [6, 6.07) is 77.0. The van der Waals surface area contributed by atoms with Gasteiger partial charge in [-0.1, -0.05) is 164 Å². The molecule has 0 aliphatic heterocycles. The number of rotatable bonds is 5. The molecular weight excluding hydrogens is 753 g/mol. The van der Waals surface area contributed by atoms with Gasteiger partial charge in [0.2, 0.25) is 0 Å². The maximum atomic E-state index is 6.07. The van der Waals surface area contributed by atoms with Gasteiger partial charge in [-0.25, -0.2) is 4.98 Å². The Hall–Kier alpha value is -8.27. The van der Waals surface area contributed by atoms with Crippen LogP contribution >= 0.6 is 0 Å². The van der Waals surface area contributed by atoms with Gasteiger partial charge in [0.15, 0.2) is 0 Å². The second-order valence-electron chi connectivity index (χ2n) is 16.3. The fraction of sp³-hybridized carbons (Fsp3) is 0. The van der Waals surface area contributed by atoms with Crippen molar-refractivity contribution in [3.05, 3.63) is 219 Å². The number of aromatic nitrogens is 2. The Morgan fingerprint density at radius 3 is 1.65 bits per heavy atom. The molecule has 13 rings (SSSR count). The predicted molar refractivity (Wildman–Crippen MR) is 260 cm³/mol. The van der Waals surface area contributed by atoms with Crippen LogP contribution in [-0.4, -0.2) is 9.55 Å². The standard InChI is InChI=1S/C59H36N2O/c1-3-14-38(15-4-1)55-33-43(34-56(60-55)39-16-5-2-6-17-39)61-57-28-26-41(45-23-11-18-37-13-7-8-20-44(37)45)32-53(57)54-35-51-48-22-10-9-21-47(48)49-27-25-42(31-50(49)52(51)36-58(54)61)46-24-12-19-40-29-30-62-59(40)46/h1-36H. The Balaban J connectivity index is 1.16. The number of pyridine rings is 1. The molecule has 0 bridgehead atoms. The van der Waals surface area contributed by atoms with Crippen molar-refractivity contribution < 1.29 is 4.42 Å². The molecule has 0 saturated carbocycles. The maximum absolute atomic E-state index is 6.07. The summed E-state index contributed by atoms with van der Waals surface area (Å²) in [5.74, 6) is 0. The Kier molecular flexibility index (Phi) is 7.60. The van der Waals surface area contributed by atoms with Gasteiger partial charge in [0.1, 0.15) is 5.58 Å². The molecule has 3 heteroatoms. The zero-order chi connectivity index (χ0) is 40.7. The third-order valence-corrected chi connectivity index (χ3v) is 12.8. The van der Waals surface area contributed by atoms with Gasteiger partial charge in [-0.05, 0) is 108 Å². The summed E-state index contributed by atoms with van der Waals surface area (Å²) in [5, 5.41) is 13.3. The van der Waals surface area contributed by atoms with E-state index in [0.717, 1.165) is 61.3 Å². The topological polar surface area (TPSA) is 31.0 Å². The molecule has 13 aromatic rings. The first-order chi connectivity index (χ1) is 30.7. The average molecular weight is 789 g/mol. The van der Waals surface area contributed by atoms with Crippen LogP contribution in [0.15, 0.2) is 223 Å². The van der Waals surface area contributed by atoms with Gasteiger partial charge in [-0.3, -0.25) is 0 Å². The minimum Gasteiger partial charge on any atom is -0.464 e. The Morgan fingerprint density at radius 2 is 0.871 bits per heavy atom. The van der Waals surface area contributed by atoms with Crippen LogP contribution < -0.4 is 0 Å². The van der Waals surface area contributed by atoms with Crippen LogP contribution in [0.2, 0.25) is 0 Å². The predicted octanol–water partition coefficient (Wildman–Crippen LogP) is 16.2. The minimum absolute atomic E-state index is 0.905. The third kappa shape index (κ3) is 5.35. The van der Waals surface area contributed by atoms with Crippen molar-refractivity contribution in [2.45, 2.75) is 0 Å². The van der Waals surface area contributed by atoms with E-state index in [9.17, 15) is 0 Å². The highest BCUT2D eigenvalue weighted by Gasteiger charge is 2.20. The van der Waals surface area contributed by atoms with Crippen molar-refractivity contribution >= 4 is 75.9 Å². The molecule has 0 radical (unpaired) electrons. The summed E-state index contributed by atoms with van der Waals surface area (Å²) in [7, 11) is 0. The molecule has 0 saturated heterocycles. The molecule has 3 nitrogen and oxygen atoms in total. The Bertz CT molecular complexity index is 3850. The number of fused-ring (bicyclic) bond motifs is 11. The van der Waals surface area contributed by atoms with Crippen molar-refractivity contribution in [2.75, 3.05) is 0 Å². The average Bonchev–Trinajstić information content (AvgIpc) is 3.96. The molecule has 0 aliphatic rings. The number of nitrogens with zero attached hydrogens (tertiary/aromatic N) is 2. The lowest BCUT2D eigenvalue weighted by Gasteiger charge is -2.15. The van der Waals surface area contributed by atoms with Crippen LogP contribution in [0.3, 0.4) is 0 Å². The van der Waals surface area contributed by atoms with Gasteiger partial charge >= 0.3 is 0 Å². The molecule has 3 aromatic heterocycles. The lowest BCUT2D eigenvalue weighted by Crippen LogP contribution is -1.98. The third-order valence-electron chi connectivity index (χ3n) is 12.8. The van der Waals surface area contributed by atoms with E-state index in [1.54, 1.807) is 6.26 Å². The fourth-order valence-corrected chi connectivity index (χ4v) is 9.94. The normalized spacial score (nSPS) is 11.9. The van der Waals surface area contributed by atoms with Crippen molar-refractivity contribution in [2.24, 2.45) is 0 Å². The Morgan fingerprint density at radius 1 is 0.323 bits per heavy atom. The van der Waals surface area contributed by atoms with E-state index in [1.807, 2.05) is 6.07 Å². The van der Waals surface area contributed by atoms with E-state index in [4.69, 9.17) is 9.40 Å². The highest BCUT2D eigenvalue weighted by molar-refractivity contribution is 6.29. The van der Waals surface area contributed by atoms with E-state index in [1.165, 1.54) is 65.0 Å². The highest BCUT2D eigenvalue weighted by Crippen LogP contribution is 2.44. The van der Waals surface area contributed by atoms with Gasteiger partial charge in [0.25, 0.3) is 0 Å². The highest BCUT2D eigenvalue weighted by atomic mass is 16.3. The number of furan rings is 1. The molecule has 0 amide bonds. The summed E-state index contributed by atoms with van der Waals surface area (Å²) in [6.07, 6.45) is 1.78. The molecule has 0 fully saturated rings. The number of hydrogen-bond donors (Lipinski definition) is 0. The second kappa shape index (κ2) is 13.6. The van der Waals surface area contributed by atoms with Crippen LogP contribution in [0.5, 0.6) is 0 Å². The quantitative estimate of drug-likeness (QED) is 0.163. The molecule has 0 atom stereocenters. The maximum Gasteiger partial charge on any atom is 0.141 e. The van der Waals surface area contributed by atoms with Crippen molar-refractivity contribution in [1.82, 2.24) is 9.55 Å². The first-order valence-electron chi connectivity index (χ1n) is 21.2. The molecular formula is C59H36N2O. The van der Waals surface area contributed by atoms with Crippen LogP contribution in [0.1, 0.15) is 0 Å². The molecule has 3 heterocycles. The monoisotopic (exact) mass is 788 g/mol. The largest absolute Gasteiger partial charge is 0.464 e. The molecule has 288 valence electrons. The van der Waals surface area contributed by atoms with Crippen LogP contribution in [-0.2, 0) is 0 Å². The van der Waals surface area contributed by atoms with Crippen LogP contribution in [0.4, 0.5) is 0 Å². The van der Waals surface area contributed by atoms with E-state index < -0.39 is 0 Å². The molecule has 0 N–H and O–H groups in total. The number of para-hydroxylation sites is 1.